The first-order valence-corrected chi connectivity index (χ1v) is 48.2. The summed E-state index contributed by atoms with van der Waals surface area (Å²) in [5.41, 5.74) is 12.7. The second kappa shape index (κ2) is 39.7. The summed E-state index contributed by atoms with van der Waals surface area (Å²) >= 11 is 2.93. The monoisotopic (exact) mass is 1770 g/mol. The number of fused-ring (bicyclic) bond motifs is 4. The molecule has 1 spiro atoms. The number of hydrogen-bond donors (Lipinski definition) is 8. The Labute approximate surface area is 741 Å². The molecule has 11 rings (SSSR count). The number of carbonyl (C=O) groups is 4. The number of rotatable bonds is 37. The van der Waals surface area contributed by atoms with Crippen molar-refractivity contribution in [2.45, 2.75) is 243 Å². The van der Waals surface area contributed by atoms with Crippen molar-refractivity contribution in [3.63, 3.8) is 0 Å². The van der Waals surface area contributed by atoms with Crippen LogP contribution >= 0.6 is 23.5 Å². The van der Waals surface area contributed by atoms with E-state index in [9.17, 15) is 36.0 Å². The zero-order valence-electron chi connectivity index (χ0n) is 76.5. The van der Waals surface area contributed by atoms with Crippen molar-refractivity contribution in [2.75, 3.05) is 95.5 Å². The fourth-order valence-corrected chi connectivity index (χ4v) is 17.8. The number of aromatic amines is 1. The summed E-state index contributed by atoms with van der Waals surface area (Å²) in [6.45, 7) is 49.2. The number of likely N-dealkylation sites (N-methyl/N-ethyl adjacent to an activating group) is 2. The maximum atomic E-state index is 14.6. The van der Waals surface area contributed by atoms with Crippen molar-refractivity contribution < 1.29 is 45.5 Å². The third-order valence-electron chi connectivity index (χ3n) is 24.1. The molecular weight excluding hydrogens is 1650 g/mol. The van der Waals surface area contributed by atoms with E-state index in [1.165, 1.54) is 39.4 Å². The molecule has 0 saturated carbocycles. The number of nitrogens with zero attached hydrogens (tertiary/aromatic N) is 10. The van der Waals surface area contributed by atoms with Crippen LogP contribution in [0.5, 0.6) is 11.5 Å². The molecule has 6 amide bonds. The second-order valence-electron chi connectivity index (χ2n) is 35.0. The van der Waals surface area contributed by atoms with E-state index < -0.39 is 43.2 Å². The molecule has 9 aromatic rings. The van der Waals surface area contributed by atoms with Crippen molar-refractivity contribution >= 4 is 113 Å². The predicted octanol–water partition coefficient (Wildman–Crippen LogP) is 17.2. The van der Waals surface area contributed by atoms with Crippen molar-refractivity contribution in [2.24, 2.45) is 5.10 Å². The van der Waals surface area contributed by atoms with E-state index in [-0.39, 0.29) is 64.4 Å². The fraction of sp³-hybridized carbons (Fsp3) is 0.489. The van der Waals surface area contributed by atoms with Crippen LogP contribution in [0.1, 0.15) is 226 Å². The van der Waals surface area contributed by atoms with Gasteiger partial charge in [0.2, 0.25) is 24.9 Å². The molecule has 0 radical (unpaired) electrons. The maximum Gasteiger partial charge on any atom is 0.328 e. The topological polar surface area (TPSA) is 338 Å². The van der Waals surface area contributed by atoms with E-state index in [0.29, 0.717) is 96.6 Å². The van der Waals surface area contributed by atoms with Gasteiger partial charge in [-0.15, -0.1) is 15.0 Å². The molecular formula is C92H128N18O10S4. The molecule has 32 heteroatoms. The number of amides is 6. The summed E-state index contributed by atoms with van der Waals surface area (Å²) in [5, 5.41) is 32.9. The number of nitrogens with one attached hydrogen (secondary N) is 8. The molecule has 0 fully saturated rings. The van der Waals surface area contributed by atoms with Gasteiger partial charge in [-0.25, -0.2) is 45.8 Å². The van der Waals surface area contributed by atoms with Crippen LogP contribution in [-0.4, -0.2) is 158 Å². The van der Waals surface area contributed by atoms with Gasteiger partial charge in [-0.2, -0.15) is 9.73 Å². The normalized spacial score (nSPS) is 15.3. The number of benzene rings is 6. The van der Waals surface area contributed by atoms with Gasteiger partial charge in [-0.05, 0) is 198 Å². The number of urea groups is 2. The van der Waals surface area contributed by atoms with Crippen LogP contribution in [0, 0.1) is 20.8 Å². The smallest absolute Gasteiger partial charge is 0.328 e. The van der Waals surface area contributed by atoms with Crippen LogP contribution in [-0.2, 0) is 56.2 Å². The molecule has 6 aromatic carbocycles. The first-order valence-electron chi connectivity index (χ1n) is 42.8. The van der Waals surface area contributed by atoms with Crippen LogP contribution in [0.25, 0.3) is 5.65 Å². The molecule has 28 nitrogen and oxygen atoms in total. The van der Waals surface area contributed by atoms with Gasteiger partial charge in [0.1, 0.15) is 11.5 Å². The summed E-state index contributed by atoms with van der Waals surface area (Å²) in [4.78, 5) is 73.6. The predicted molar refractivity (Wildman–Crippen MR) is 502 cm³/mol. The van der Waals surface area contributed by atoms with Crippen molar-refractivity contribution in [3.8, 4) is 11.5 Å². The second-order valence-corrected chi connectivity index (χ2v) is 40.9. The highest BCUT2D eigenvalue weighted by atomic mass is 32.2. The number of anilines is 6. The number of hydrogen-bond acceptors (Lipinski definition) is 19. The largest absolute Gasteiger partial charge is 0.481 e. The Balaban J connectivity index is 0.000000259. The quantitative estimate of drug-likeness (QED) is 0.0179. The van der Waals surface area contributed by atoms with E-state index in [0.717, 1.165) is 98.0 Å². The third-order valence-corrected chi connectivity index (χ3v) is 28.4. The van der Waals surface area contributed by atoms with Crippen LogP contribution in [0.2, 0.25) is 0 Å². The highest BCUT2D eigenvalue weighted by Gasteiger charge is 2.56. The first kappa shape index (κ1) is 96.2. The molecule has 3 aromatic heterocycles. The molecule has 8 N–H and O–H groups in total. The number of thioether (sulfide) groups is 1. The zero-order chi connectivity index (χ0) is 90.9. The Morgan fingerprint density at radius 1 is 0.589 bits per heavy atom. The van der Waals surface area contributed by atoms with E-state index >= 15 is 0 Å². The molecule has 2 aliphatic heterocycles. The SMILES string of the molecule is CCN(CCNS(C)(=O)=O)c1ccc(N2C(=O)Nc3ccccc3SC23C(C)=Nn2nc(C(C)CNC(=O)C(C)Oc4ccc(C(C)(C)CC)cc4C(C)(C)CC)nc23)c(C)c1.CCN(CCNS(C)(=O)=O)c1ccc(NC(=O)Nc2ccccc2Sc2c(C)[nH]n3nc(C(C)CNC(=O)C(C)Oc4ccc(C(C)(C)CC)cc4C(C)(C)CC)nc23)c(C)c1. The Hall–Kier alpha value is -9.99. The molecule has 5 unspecified atom stereocenters. The molecule has 5 heterocycles. The summed E-state index contributed by atoms with van der Waals surface area (Å²) in [7, 11) is -6.60. The average molecular weight is 1770 g/mol. The van der Waals surface area contributed by atoms with Gasteiger partial charge >= 0.3 is 12.1 Å². The molecule has 670 valence electrons. The van der Waals surface area contributed by atoms with E-state index in [4.69, 9.17) is 34.7 Å². The zero-order valence-corrected chi connectivity index (χ0v) is 79.8. The van der Waals surface area contributed by atoms with Crippen molar-refractivity contribution in [1.82, 2.24) is 54.8 Å². The maximum absolute atomic E-state index is 14.6. The minimum Gasteiger partial charge on any atom is -0.481 e. The number of H-pyrrole nitrogens is 1. The first-order chi connectivity index (χ1) is 58.3. The van der Waals surface area contributed by atoms with Crippen LogP contribution in [0.4, 0.5) is 43.7 Å². The standard InChI is InChI=1S/C46H63N9O5S2.C46H65N9O5S2/c1-13-44(8,9)33-20-23-38(35(27-33)45(10,11)14-2)60-31(6)41(56)47-28-30(5)40-50-42-46(32(7)51-55(42)52-40)54(43(57)49-36-18-16-17-19-39(36)61-46)37-22-21-34(26-29(37)4)53(15-3)25-24-48-62(12,58)59;1-13-45(8,9)33-20-23-38(35(27-33)46(10,11)14-2)60-32(7)43(56)47-28-30(5)41-51-42-40(31(6)52-55(42)53-41)61-39-19-17-16-18-37(39)50-44(57)49-36-22-21-34(26-29(36)4)54(15-3)25-24-48-62(12,58)59/h16-23,26-27,30-31,48H,13-15,24-25,28H2,1-12H3,(H,47,56)(H,49,57);16-23,26-27,30,32,48,52H,13-15,24-25,28H2,1-12H3,(H,47,56)(H2,49,50,57). The number of aryl methyl sites for hydroxylation is 3. The lowest BCUT2D eigenvalue weighted by atomic mass is 9.76. The van der Waals surface area contributed by atoms with Gasteiger partial charge in [0.05, 0.1) is 40.2 Å². The van der Waals surface area contributed by atoms with Gasteiger partial charge < -0.3 is 45.9 Å². The van der Waals surface area contributed by atoms with Crippen molar-refractivity contribution in [3.05, 3.63) is 178 Å². The molecule has 5 atom stereocenters. The number of carbonyl (C=O) groups excluding carboxylic acids is 4. The lowest BCUT2D eigenvalue weighted by molar-refractivity contribution is -0.128. The van der Waals surface area contributed by atoms with Gasteiger partial charge in [0, 0.05) is 108 Å². The van der Waals surface area contributed by atoms with Crippen LogP contribution in [0.15, 0.2) is 141 Å². The number of ether oxygens (including phenoxy) is 2. The van der Waals surface area contributed by atoms with E-state index in [1.54, 1.807) is 23.4 Å². The van der Waals surface area contributed by atoms with Gasteiger partial charge in [-0.3, -0.25) is 19.6 Å². The van der Waals surface area contributed by atoms with Crippen molar-refractivity contribution in [1.29, 1.82) is 0 Å². The molecule has 2 aliphatic rings. The van der Waals surface area contributed by atoms with Gasteiger partial charge in [0.25, 0.3) is 11.8 Å². The number of sulfonamides is 2. The van der Waals surface area contributed by atoms with Gasteiger partial charge in [-0.1, -0.05) is 169 Å². The molecule has 0 aliphatic carbocycles. The summed E-state index contributed by atoms with van der Waals surface area (Å²) in [6, 6.07) is 38.8. The minimum absolute atomic E-state index is 0.0100. The van der Waals surface area contributed by atoms with E-state index in [2.05, 4.69) is 158 Å². The minimum atomic E-state index is -3.33. The van der Waals surface area contributed by atoms with E-state index in [1.807, 2.05) is 152 Å². The van der Waals surface area contributed by atoms with Gasteiger partial charge in [0.15, 0.2) is 35.3 Å². The highest BCUT2D eigenvalue weighted by molar-refractivity contribution is 8.01. The lowest BCUT2D eigenvalue weighted by Crippen LogP contribution is -2.52. The Morgan fingerprint density at radius 3 is 1.59 bits per heavy atom. The number of aromatic nitrogens is 7. The summed E-state index contributed by atoms with van der Waals surface area (Å²) in [5.74, 6) is 1.97. The Kier molecular flexibility index (Phi) is 30.8. The molecule has 0 bridgehead atoms. The lowest BCUT2D eigenvalue weighted by Gasteiger charge is -2.38. The molecule has 124 heavy (non-hydrogen) atoms. The highest BCUT2D eigenvalue weighted by Crippen LogP contribution is 2.54. The average Bonchev–Trinajstić information content (AvgIpc) is 1.54. The third kappa shape index (κ3) is 22.6. The number of para-hydroxylation sites is 2. The fourth-order valence-electron chi connectivity index (χ4n) is 14.5. The Morgan fingerprint density at radius 2 is 1.08 bits per heavy atom. The Bertz CT molecular complexity index is 5620. The molecule has 0 saturated heterocycles. The van der Waals surface area contributed by atoms with Crippen LogP contribution in [0.3, 0.4) is 0 Å². The van der Waals surface area contributed by atoms with Crippen LogP contribution < -0.4 is 60.2 Å². The summed E-state index contributed by atoms with van der Waals surface area (Å²) < 4.78 is 66.0. The summed E-state index contributed by atoms with van der Waals surface area (Å²) in [6.07, 6.45) is 4.67.